The number of ether oxygens (including phenoxy) is 1. The standard InChI is InChI=1S/C5H10O.C3H7NO/c1-2-4-6-5-3-1;1-4(2)3-5/h1-5H2;3H,1-2H3. The highest BCUT2D eigenvalue weighted by Gasteiger charge is 1.94. The van der Waals surface area contributed by atoms with Crippen molar-refractivity contribution in [2.75, 3.05) is 27.3 Å². The molecule has 0 N–H and O–H groups in total. The zero-order valence-corrected chi connectivity index (χ0v) is 7.38. The van der Waals surface area contributed by atoms with E-state index in [2.05, 4.69) is 0 Å². The number of hydrogen-bond acceptors (Lipinski definition) is 2. The molecule has 0 aromatic carbocycles. The minimum Gasteiger partial charge on any atom is -0.381 e. The fourth-order valence-corrected chi connectivity index (χ4v) is 0.687. The van der Waals surface area contributed by atoms with Crippen LogP contribution in [0.2, 0.25) is 0 Å². The van der Waals surface area contributed by atoms with Crippen LogP contribution < -0.4 is 0 Å². The second-order valence-corrected chi connectivity index (χ2v) is 2.74. The lowest BCUT2D eigenvalue weighted by molar-refractivity contribution is -0.115. The largest absolute Gasteiger partial charge is 0.381 e. The summed E-state index contributed by atoms with van der Waals surface area (Å²) in [5.41, 5.74) is 0. The molecule has 1 fully saturated rings. The van der Waals surface area contributed by atoms with Gasteiger partial charge in [0, 0.05) is 27.3 Å². The van der Waals surface area contributed by atoms with Gasteiger partial charge in [-0.05, 0) is 19.3 Å². The summed E-state index contributed by atoms with van der Waals surface area (Å²) in [6.45, 7) is 2.00. The molecule has 1 amide bonds. The Balaban J connectivity index is 0.000000187. The van der Waals surface area contributed by atoms with Crippen LogP contribution >= 0.6 is 0 Å². The first-order valence-corrected chi connectivity index (χ1v) is 3.97. The van der Waals surface area contributed by atoms with Crippen molar-refractivity contribution in [1.82, 2.24) is 4.90 Å². The summed E-state index contributed by atoms with van der Waals surface area (Å²) < 4.78 is 5.07. The van der Waals surface area contributed by atoms with E-state index in [1.54, 1.807) is 14.1 Å². The van der Waals surface area contributed by atoms with Crippen LogP contribution in [0, 0.1) is 0 Å². The third kappa shape index (κ3) is 9.43. The number of amides is 1. The highest BCUT2D eigenvalue weighted by atomic mass is 16.5. The van der Waals surface area contributed by atoms with Crippen molar-refractivity contribution in [2.45, 2.75) is 19.3 Å². The molecule has 0 aromatic rings. The van der Waals surface area contributed by atoms with Crippen LogP contribution in [-0.2, 0) is 9.53 Å². The Morgan fingerprint density at radius 1 is 1.18 bits per heavy atom. The van der Waals surface area contributed by atoms with Crippen molar-refractivity contribution in [2.24, 2.45) is 0 Å². The van der Waals surface area contributed by atoms with E-state index in [4.69, 9.17) is 4.74 Å². The summed E-state index contributed by atoms with van der Waals surface area (Å²) in [7, 11) is 3.38. The molecule has 11 heavy (non-hydrogen) atoms. The van der Waals surface area contributed by atoms with Crippen LogP contribution in [0.5, 0.6) is 0 Å². The smallest absolute Gasteiger partial charge is 0.209 e. The van der Waals surface area contributed by atoms with E-state index in [1.165, 1.54) is 24.2 Å². The van der Waals surface area contributed by atoms with Gasteiger partial charge in [0.25, 0.3) is 0 Å². The lowest BCUT2D eigenvalue weighted by Crippen LogP contribution is -2.06. The number of rotatable bonds is 1. The van der Waals surface area contributed by atoms with E-state index < -0.39 is 0 Å². The third-order valence-electron chi connectivity index (χ3n) is 1.29. The van der Waals surface area contributed by atoms with E-state index >= 15 is 0 Å². The first-order valence-electron chi connectivity index (χ1n) is 3.97. The van der Waals surface area contributed by atoms with Gasteiger partial charge in [-0.1, -0.05) is 0 Å². The maximum Gasteiger partial charge on any atom is 0.209 e. The predicted molar refractivity (Wildman–Crippen MR) is 44.4 cm³/mol. The molecule has 1 heterocycles. The van der Waals surface area contributed by atoms with Crippen LogP contribution in [0.4, 0.5) is 0 Å². The molecule has 0 bridgehead atoms. The van der Waals surface area contributed by atoms with E-state index in [0.717, 1.165) is 19.6 Å². The highest BCUT2D eigenvalue weighted by molar-refractivity contribution is 5.45. The lowest BCUT2D eigenvalue weighted by Gasteiger charge is -2.08. The second-order valence-electron chi connectivity index (χ2n) is 2.74. The Labute approximate surface area is 68.3 Å². The van der Waals surface area contributed by atoms with Gasteiger partial charge >= 0.3 is 0 Å². The topological polar surface area (TPSA) is 29.5 Å². The molecule has 0 aromatic heterocycles. The minimum atomic E-state index is 0.750. The van der Waals surface area contributed by atoms with Crippen LogP contribution in [0.1, 0.15) is 19.3 Å². The summed E-state index contributed by atoms with van der Waals surface area (Å²) in [6, 6.07) is 0. The van der Waals surface area contributed by atoms with Crippen molar-refractivity contribution < 1.29 is 9.53 Å². The Morgan fingerprint density at radius 3 is 1.73 bits per heavy atom. The quantitative estimate of drug-likeness (QED) is 0.532. The van der Waals surface area contributed by atoms with Gasteiger partial charge in [-0.3, -0.25) is 4.79 Å². The minimum absolute atomic E-state index is 0.750. The first kappa shape index (κ1) is 10.4. The monoisotopic (exact) mass is 159 g/mol. The van der Waals surface area contributed by atoms with E-state index in [-0.39, 0.29) is 0 Å². The molecule has 3 heteroatoms. The van der Waals surface area contributed by atoms with Gasteiger partial charge in [0.1, 0.15) is 0 Å². The van der Waals surface area contributed by atoms with E-state index in [0.29, 0.717) is 0 Å². The Bertz CT molecular complexity index is 78.6. The number of carbonyl (C=O) groups is 1. The molecule has 1 saturated heterocycles. The average Bonchev–Trinajstić information content (AvgIpc) is 2.09. The molecular formula is C8H17NO2. The molecule has 3 nitrogen and oxygen atoms in total. The molecule has 0 radical (unpaired) electrons. The maximum atomic E-state index is 9.43. The molecule has 1 rings (SSSR count). The van der Waals surface area contributed by atoms with Crippen molar-refractivity contribution >= 4 is 6.41 Å². The fourth-order valence-electron chi connectivity index (χ4n) is 0.687. The van der Waals surface area contributed by atoms with Crippen molar-refractivity contribution in [1.29, 1.82) is 0 Å². The molecule has 0 spiro atoms. The molecule has 0 atom stereocenters. The second kappa shape index (κ2) is 7.54. The Kier molecular flexibility index (Phi) is 7.15. The highest BCUT2D eigenvalue weighted by Crippen LogP contribution is 2.02. The number of hydrogen-bond donors (Lipinski definition) is 0. The normalized spacial score (nSPS) is 16.2. The zero-order valence-electron chi connectivity index (χ0n) is 7.38. The Morgan fingerprint density at radius 2 is 1.64 bits per heavy atom. The van der Waals surface area contributed by atoms with Crippen LogP contribution in [0.3, 0.4) is 0 Å². The SMILES string of the molecule is C1CCOCC1.CN(C)C=O. The van der Waals surface area contributed by atoms with Gasteiger partial charge in [0.05, 0.1) is 0 Å². The maximum absolute atomic E-state index is 9.43. The molecule has 0 saturated carbocycles. The van der Waals surface area contributed by atoms with Gasteiger partial charge < -0.3 is 9.64 Å². The Hall–Kier alpha value is -0.570. The van der Waals surface area contributed by atoms with Gasteiger partial charge in [-0.25, -0.2) is 0 Å². The van der Waals surface area contributed by atoms with Gasteiger partial charge in [-0.2, -0.15) is 0 Å². The van der Waals surface area contributed by atoms with Crippen molar-refractivity contribution in [3.05, 3.63) is 0 Å². The molecular weight excluding hydrogens is 142 g/mol. The molecule has 66 valence electrons. The fraction of sp³-hybridized carbons (Fsp3) is 0.875. The van der Waals surface area contributed by atoms with Crippen LogP contribution in [-0.4, -0.2) is 38.6 Å². The first-order chi connectivity index (χ1) is 5.27. The molecule has 0 aliphatic carbocycles. The zero-order chi connectivity index (χ0) is 8.53. The van der Waals surface area contributed by atoms with Crippen molar-refractivity contribution in [3.8, 4) is 0 Å². The van der Waals surface area contributed by atoms with Crippen LogP contribution in [0.25, 0.3) is 0 Å². The van der Waals surface area contributed by atoms with Gasteiger partial charge in [-0.15, -0.1) is 0 Å². The summed E-state index contributed by atoms with van der Waals surface area (Å²) in [4.78, 5) is 10.9. The summed E-state index contributed by atoms with van der Waals surface area (Å²) >= 11 is 0. The summed E-state index contributed by atoms with van der Waals surface area (Å²) in [6.07, 6.45) is 4.68. The number of nitrogens with zero attached hydrogens (tertiary/aromatic N) is 1. The number of carbonyl (C=O) groups excluding carboxylic acids is 1. The average molecular weight is 159 g/mol. The predicted octanol–water partition coefficient (Wildman–Crippen LogP) is 0.891. The van der Waals surface area contributed by atoms with Crippen molar-refractivity contribution in [3.63, 3.8) is 0 Å². The molecule has 1 aliphatic heterocycles. The lowest BCUT2D eigenvalue weighted by atomic mass is 10.2. The van der Waals surface area contributed by atoms with Gasteiger partial charge in [0.15, 0.2) is 0 Å². The van der Waals surface area contributed by atoms with E-state index in [9.17, 15) is 4.79 Å². The van der Waals surface area contributed by atoms with Gasteiger partial charge in [0.2, 0.25) is 6.41 Å². The summed E-state index contributed by atoms with van der Waals surface area (Å²) in [5.74, 6) is 0. The third-order valence-corrected chi connectivity index (χ3v) is 1.29. The summed E-state index contributed by atoms with van der Waals surface area (Å²) in [5, 5.41) is 0. The molecule has 0 unspecified atom stereocenters. The van der Waals surface area contributed by atoms with Crippen LogP contribution in [0.15, 0.2) is 0 Å². The van der Waals surface area contributed by atoms with E-state index in [1.807, 2.05) is 0 Å². The molecule has 1 aliphatic rings.